The second-order valence-corrected chi connectivity index (χ2v) is 6.57. The van der Waals surface area contributed by atoms with Crippen molar-refractivity contribution in [3.05, 3.63) is 53.6 Å². The fourth-order valence-corrected chi connectivity index (χ4v) is 3.02. The third-order valence-corrected chi connectivity index (χ3v) is 3.84. The van der Waals surface area contributed by atoms with Crippen LogP contribution in [0.4, 0.5) is 0 Å². The lowest BCUT2D eigenvalue weighted by atomic mass is 9.91. The highest BCUT2D eigenvalue weighted by Crippen LogP contribution is 2.43. The minimum Gasteiger partial charge on any atom is -0.463 e. The highest BCUT2D eigenvalue weighted by atomic mass is 16.7. The van der Waals surface area contributed by atoms with E-state index in [1.54, 1.807) is 6.07 Å². The van der Waals surface area contributed by atoms with E-state index in [0.717, 1.165) is 28.7 Å². The SMILES string of the molecule is CC1(C)Oc2ccc(-c3cccc(C=O)c3)cc2C(C)(C)O1. The zero-order chi connectivity index (χ0) is 16.0. The van der Waals surface area contributed by atoms with Crippen LogP contribution in [0.15, 0.2) is 42.5 Å². The second-order valence-electron chi connectivity index (χ2n) is 6.57. The molecule has 0 aromatic heterocycles. The van der Waals surface area contributed by atoms with Crippen molar-refractivity contribution >= 4 is 6.29 Å². The Bertz CT molecular complexity index is 729. The van der Waals surface area contributed by atoms with Crippen LogP contribution in [0.25, 0.3) is 11.1 Å². The molecule has 0 fully saturated rings. The first-order valence-electron chi connectivity index (χ1n) is 7.40. The molecule has 114 valence electrons. The van der Waals surface area contributed by atoms with Crippen LogP contribution >= 0.6 is 0 Å². The molecule has 0 radical (unpaired) electrons. The van der Waals surface area contributed by atoms with Crippen LogP contribution in [0.2, 0.25) is 0 Å². The van der Waals surface area contributed by atoms with Crippen molar-refractivity contribution in [2.24, 2.45) is 0 Å². The van der Waals surface area contributed by atoms with Crippen molar-refractivity contribution in [2.75, 3.05) is 0 Å². The summed E-state index contributed by atoms with van der Waals surface area (Å²) in [4.78, 5) is 11.0. The van der Waals surface area contributed by atoms with Gasteiger partial charge in [0.1, 0.15) is 12.0 Å². The molecule has 0 spiro atoms. The molecule has 0 unspecified atom stereocenters. The van der Waals surface area contributed by atoms with Gasteiger partial charge in [-0.25, -0.2) is 0 Å². The maximum Gasteiger partial charge on any atom is 0.205 e. The summed E-state index contributed by atoms with van der Waals surface area (Å²) in [6, 6.07) is 13.6. The number of fused-ring (bicyclic) bond motifs is 1. The molecule has 0 saturated heterocycles. The molecule has 1 aliphatic rings. The summed E-state index contributed by atoms with van der Waals surface area (Å²) in [6.45, 7) is 7.92. The van der Waals surface area contributed by atoms with E-state index in [4.69, 9.17) is 9.47 Å². The van der Waals surface area contributed by atoms with E-state index in [9.17, 15) is 4.79 Å². The minimum atomic E-state index is -0.643. The first-order chi connectivity index (χ1) is 10.3. The van der Waals surface area contributed by atoms with Gasteiger partial charge in [-0.1, -0.05) is 24.3 Å². The molecule has 3 heteroatoms. The third-order valence-electron chi connectivity index (χ3n) is 3.84. The molecule has 1 aliphatic heterocycles. The molecule has 3 rings (SSSR count). The molecule has 0 saturated carbocycles. The van der Waals surface area contributed by atoms with Gasteiger partial charge in [0, 0.05) is 25.0 Å². The molecule has 0 N–H and O–H groups in total. The van der Waals surface area contributed by atoms with Crippen molar-refractivity contribution < 1.29 is 14.3 Å². The van der Waals surface area contributed by atoms with Gasteiger partial charge in [0.05, 0.1) is 5.60 Å². The number of carbonyl (C=O) groups excluding carboxylic acids is 1. The molecule has 3 nitrogen and oxygen atoms in total. The Morgan fingerprint density at radius 2 is 1.68 bits per heavy atom. The van der Waals surface area contributed by atoms with Crippen LogP contribution in [0.3, 0.4) is 0 Å². The fraction of sp³-hybridized carbons (Fsp3) is 0.316. The van der Waals surface area contributed by atoms with Gasteiger partial charge in [-0.2, -0.15) is 0 Å². The molecule has 22 heavy (non-hydrogen) atoms. The Hall–Kier alpha value is -2.13. The van der Waals surface area contributed by atoms with E-state index >= 15 is 0 Å². The van der Waals surface area contributed by atoms with E-state index in [1.165, 1.54) is 0 Å². The van der Waals surface area contributed by atoms with E-state index in [1.807, 2.05) is 58.0 Å². The molecule has 0 amide bonds. The van der Waals surface area contributed by atoms with Crippen molar-refractivity contribution in [1.82, 2.24) is 0 Å². The second kappa shape index (κ2) is 4.96. The highest BCUT2D eigenvalue weighted by molar-refractivity contribution is 5.79. The monoisotopic (exact) mass is 296 g/mol. The van der Waals surface area contributed by atoms with Crippen LogP contribution < -0.4 is 4.74 Å². The Balaban J connectivity index is 2.09. The van der Waals surface area contributed by atoms with Crippen molar-refractivity contribution in [2.45, 2.75) is 39.1 Å². The van der Waals surface area contributed by atoms with Gasteiger partial charge in [0.25, 0.3) is 0 Å². The van der Waals surface area contributed by atoms with Crippen LogP contribution in [0.1, 0.15) is 43.6 Å². The number of ether oxygens (including phenoxy) is 2. The first kappa shape index (κ1) is 14.8. The van der Waals surface area contributed by atoms with Gasteiger partial charge < -0.3 is 9.47 Å². The number of hydrogen-bond acceptors (Lipinski definition) is 3. The molecule has 1 heterocycles. The standard InChI is InChI=1S/C19H20O3/c1-18(2)16-11-15(14-7-5-6-13(10-14)12-20)8-9-17(16)21-19(3,4)22-18/h5-12H,1-4H3. The molecule has 2 aromatic carbocycles. The lowest BCUT2D eigenvalue weighted by molar-refractivity contribution is -0.241. The van der Waals surface area contributed by atoms with Gasteiger partial charge in [0.15, 0.2) is 0 Å². The summed E-state index contributed by atoms with van der Waals surface area (Å²) < 4.78 is 12.0. The lowest BCUT2D eigenvalue weighted by Crippen LogP contribution is -2.44. The van der Waals surface area contributed by atoms with Crippen LogP contribution in [0.5, 0.6) is 5.75 Å². The maximum absolute atomic E-state index is 11.0. The number of carbonyl (C=O) groups is 1. The first-order valence-corrected chi connectivity index (χ1v) is 7.40. The summed E-state index contributed by atoms with van der Waals surface area (Å²) in [5.74, 6) is 0.201. The molecular weight excluding hydrogens is 276 g/mol. The van der Waals surface area contributed by atoms with E-state index < -0.39 is 11.4 Å². The fourth-order valence-electron chi connectivity index (χ4n) is 3.02. The Labute approximate surface area is 130 Å². The van der Waals surface area contributed by atoms with Crippen LogP contribution in [-0.2, 0) is 10.3 Å². The van der Waals surface area contributed by atoms with Crippen LogP contribution in [-0.4, -0.2) is 12.1 Å². The number of rotatable bonds is 2. The zero-order valence-corrected chi connectivity index (χ0v) is 13.3. The van der Waals surface area contributed by atoms with Gasteiger partial charge in [-0.3, -0.25) is 4.79 Å². The van der Waals surface area contributed by atoms with Gasteiger partial charge in [-0.15, -0.1) is 0 Å². The highest BCUT2D eigenvalue weighted by Gasteiger charge is 2.39. The predicted octanol–water partition coefficient (Wildman–Crippen LogP) is 4.55. The van der Waals surface area contributed by atoms with Crippen LogP contribution in [0, 0.1) is 0 Å². The number of aldehydes is 1. The quantitative estimate of drug-likeness (QED) is 0.763. The minimum absolute atomic E-state index is 0.435. The summed E-state index contributed by atoms with van der Waals surface area (Å²) >= 11 is 0. The summed E-state index contributed by atoms with van der Waals surface area (Å²) in [6.07, 6.45) is 0.862. The Morgan fingerprint density at radius 1 is 0.955 bits per heavy atom. The van der Waals surface area contributed by atoms with Crippen molar-refractivity contribution in [3.63, 3.8) is 0 Å². The summed E-state index contributed by atoms with van der Waals surface area (Å²) in [5.41, 5.74) is 3.30. The Kier molecular flexibility index (Phi) is 3.33. The van der Waals surface area contributed by atoms with Gasteiger partial charge >= 0.3 is 0 Å². The Morgan fingerprint density at radius 3 is 2.41 bits per heavy atom. The topological polar surface area (TPSA) is 35.5 Å². The molecule has 0 bridgehead atoms. The summed E-state index contributed by atoms with van der Waals surface area (Å²) in [5, 5.41) is 0. The third kappa shape index (κ3) is 2.64. The smallest absolute Gasteiger partial charge is 0.205 e. The maximum atomic E-state index is 11.0. The van der Waals surface area contributed by atoms with Gasteiger partial charge in [0.2, 0.25) is 5.79 Å². The predicted molar refractivity (Wildman–Crippen MR) is 86.1 cm³/mol. The summed E-state index contributed by atoms with van der Waals surface area (Å²) in [7, 11) is 0. The van der Waals surface area contributed by atoms with E-state index in [2.05, 4.69) is 6.07 Å². The van der Waals surface area contributed by atoms with Gasteiger partial charge in [-0.05, 0) is 43.2 Å². The lowest BCUT2D eigenvalue weighted by Gasteiger charge is -2.42. The number of benzene rings is 2. The molecule has 0 aliphatic carbocycles. The van der Waals surface area contributed by atoms with Crippen molar-refractivity contribution in [1.29, 1.82) is 0 Å². The largest absolute Gasteiger partial charge is 0.463 e. The molecule has 0 atom stereocenters. The zero-order valence-electron chi connectivity index (χ0n) is 13.3. The van der Waals surface area contributed by atoms with E-state index in [-0.39, 0.29) is 0 Å². The number of hydrogen-bond donors (Lipinski definition) is 0. The van der Waals surface area contributed by atoms with E-state index in [0.29, 0.717) is 5.56 Å². The normalized spacial score (nSPS) is 18.2. The average Bonchev–Trinajstić information content (AvgIpc) is 2.45. The molecular formula is C19H20O3. The molecule has 2 aromatic rings. The average molecular weight is 296 g/mol. The van der Waals surface area contributed by atoms with Crippen molar-refractivity contribution in [3.8, 4) is 16.9 Å².